The molecule has 0 aliphatic heterocycles. The van der Waals surface area contributed by atoms with E-state index in [0.717, 1.165) is 17.8 Å². The van der Waals surface area contributed by atoms with Gasteiger partial charge in [-0.05, 0) is 62.0 Å². The lowest BCUT2D eigenvalue weighted by Gasteiger charge is -2.29. The Morgan fingerprint density at radius 3 is 2.25 bits per heavy atom. The van der Waals surface area contributed by atoms with E-state index in [0.29, 0.717) is 0 Å². The highest BCUT2D eigenvalue weighted by Gasteiger charge is 2.23. The smallest absolute Gasteiger partial charge is 0.0434 e. The summed E-state index contributed by atoms with van der Waals surface area (Å²) in [4.78, 5) is 4.86. The van der Waals surface area contributed by atoms with Crippen molar-refractivity contribution in [1.29, 1.82) is 0 Å². The maximum absolute atomic E-state index is 4.86. The lowest BCUT2D eigenvalue weighted by atomic mass is 9.77. The van der Waals surface area contributed by atoms with Crippen LogP contribution in [-0.2, 0) is 6.42 Å². The molecule has 0 amide bonds. The summed E-state index contributed by atoms with van der Waals surface area (Å²) in [5.74, 6) is 2.63. The SMILES string of the molecule is CCCCCCCc1ccc(C2CCC(CC[C@@H](C)CCCCC)CC2)nc1. The Labute approximate surface area is 176 Å². The Kier molecular flexibility index (Phi) is 11.9. The van der Waals surface area contributed by atoms with Crippen LogP contribution in [0.3, 0.4) is 0 Å². The molecule has 1 saturated carbocycles. The molecule has 2 rings (SSSR count). The zero-order valence-corrected chi connectivity index (χ0v) is 19.2. The second kappa shape index (κ2) is 14.2. The van der Waals surface area contributed by atoms with Gasteiger partial charge in [-0.1, -0.05) is 91.0 Å². The van der Waals surface area contributed by atoms with Gasteiger partial charge < -0.3 is 0 Å². The normalized spacial score (nSPS) is 21.0. The minimum atomic E-state index is 0.719. The van der Waals surface area contributed by atoms with Crippen molar-refractivity contribution in [3.05, 3.63) is 29.6 Å². The van der Waals surface area contributed by atoms with Crippen molar-refractivity contribution in [2.45, 2.75) is 129 Å². The topological polar surface area (TPSA) is 12.9 Å². The average Bonchev–Trinajstić information content (AvgIpc) is 2.73. The zero-order valence-electron chi connectivity index (χ0n) is 19.2. The third kappa shape index (κ3) is 9.10. The van der Waals surface area contributed by atoms with Gasteiger partial charge in [0.05, 0.1) is 0 Å². The van der Waals surface area contributed by atoms with Crippen molar-refractivity contribution in [1.82, 2.24) is 4.98 Å². The van der Waals surface area contributed by atoms with Gasteiger partial charge in [-0.15, -0.1) is 0 Å². The Morgan fingerprint density at radius 1 is 0.857 bits per heavy atom. The molecule has 1 nitrogen and oxygen atoms in total. The van der Waals surface area contributed by atoms with Crippen molar-refractivity contribution in [2.75, 3.05) is 0 Å². The highest BCUT2D eigenvalue weighted by molar-refractivity contribution is 5.17. The molecule has 0 saturated heterocycles. The van der Waals surface area contributed by atoms with Gasteiger partial charge in [0.25, 0.3) is 0 Å². The van der Waals surface area contributed by atoms with E-state index in [-0.39, 0.29) is 0 Å². The molecule has 1 fully saturated rings. The van der Waals surface area contributed by atoms with Crippen molar-refractivity contribution in [3.8, 4) is 0 Å². The molecule has 0 spiro atoms. The van der Waals surface area contributed by atoms with Gasteiger partial charge in [-0.3, -0.25) is 4.98 Å². The highest BCUT2D eigenvalue weighted by Crippen LogP contribution is 2.37. The fourth-order valence-electron chi connectivity index (χ4n) is 4.91. The third-order valence-corrected chi connectivity index (χ3v) is 7.05. The van der Waals surface area contributed by atoms with E-state index in [1.807, 2.05) is 0 Å². The molecule has 1 heteroatoms. The first kappa shape index (κ1) is 23.4. The van der Waals surface area contributed by atoms with Gasteiger partial charge in [-0.25, -0.2) is 0 Å². The molecule has 0 unspecified atom stereocenters. The first-order chi connectivity index (χ1) is 13.7. The van der Waals surface area contributed by atoms with E-state index in [9.17, 15) is 0 Å². The zero-order chi connectivity index (χ0) is 20.0. The first-order valence-electron chi connectivity index (χ1n) is 12.7. The van der Waals surface area contributed by atoms with E-state index in [1.165, 1.54) is 114 Å². The minimum Gasteiger partial charge on any atom is -0.261 e. The van der Waals surface area contributed by atoms with Gasteiger partial charge in [0.1, 0.15) is 0 Å². The van der Waals surface area contributed by atoms with E-state index in [1.54, 1.807) is 0 Å². The second-order valence-corrected chi connectivity index (χ2v) is 9.65. The van der Waals surface area contributed by atoms with Crippen LogP contribution in [-0.4, -0.2) is 4.98 Å². The van der Waals surface area contributed by atoms with Crippen LogP contribution in [0.25, 0.3) is 0 Å². The molecule has 0 radical (unpaired) electrons. The number of hydrogen-bond donors (Lipinski definition) is 0. The largest absolute Gasteiger partial charge is 0.261 e. The quantitative estimate of drug-likeness (QED) is 0.291. The molecule has 1 atom stereocenters. The standard InChI is InChI=1S/C27H47N/c1-4-6-8-9-11-13-25-18-21-27(28-22-25)26-19-16-24(17-20-26)15-14-23(3)12-10-7-5-2/h18,21-24,26H,4-17,19-20H2,1-3H3/t23-,24?,26?/m0/s1. The predicted octanol–water partition coefficient (Wildman–Crippen LogP) is 8.86. The van der Waals surface area contributed by atoms with E-state index < -0.39 is 0 Å². The molecular weight excluding hydrogens is 338 g/mol. The summed E-state index contributed by atoms with van der Waals surface area (Å²) < 4.78 is 0. The van der Waals surface area contributed by atoms with Crippen molar-refractivity contribution >= 4 is 0 Å². The Morgan fingerprint density at radius 2 is 1.57 bits per heavy atom. The number of hydrogen-bond acceptors (Lipinski definition) is 1. The molecule has 0 N–H and O–H groups in total. The van der Waals surface area contributed by atoms with Crippen LogP contribution >= 0.6 is 0 Å². The summed E-state index contributed by atoms with van der Waals surface area (Å²) in [7, 11) is 0. The van der Waals surface area contributed by atoms with E-state index >= 15 is 0 Å². The third-order valence-electron chi connectivity index (χ3n) is 7.05. The number of unbranched alkanes of at least 4 members (excludes halogenated alkanes) is 6. The van der Waals surface area contributed by atoms with Crippen molar-refractivity contribution in [2.24, 2.45) is 11.8 Å². The lowest BCUT2D eigenvalue weighted by molar-refractivity contribution is 0.283. The van der Waals surface area contributed by atoms with E-state index in [2.05, 4.69) is 39.1 Å². The average molecular weight is 386 g/mol. The molecule has 1 aromatic heterocycles. The molecule has 28 heavy (non-hydrogen) atoms. The molecule has 1 heterocycles. The van der Waals surface area contributed by atoms with Gasteiger partial charge in [0.15, 0.2) is 0 Å². The molecule has 1 aliphatic rings. The summed E-state index contributed by atoms with van der Waals surface area (Å²) in [6.07, 6.45) is 24.3. The second-order valence-electron chi connectivity index (χ2n) is 9.65. The number of aromatic nitrogens is 1. The van der Waals surface area contributed by atoms with Crippen molar-refractivity contribution in [3.63, 3.8) is 0 Å². The fraction of sp³-hybridized carbons (Fsp3) is 0.815. The number of nitrogens with zero attached hydrogens (tertiary/aromatic N) is 1. The molecule has 0 bridgehead atoms. The summed E-state index contributed by atoms with van der Waals surface area (Å²) in [5.41, 5.74) is 2.80. The Bertz CT molecular complexity index is 483. The molecular formula is C27H47N. The van der Waals surface area contributed by atoms with Crippen LogP contribution < -0.4 is 0 Å². The van der Waals surface area contributed by atoms with Gasteiger partial charge >= 0.3 is 0 Å². The summed E-state index contributed by atoms with van der Waals surface area (Å²) in [5, 5.41) is 0. The fourth-order valence-corrected chi connectivity index (χ4v) is 4.91. The molecule has 1 aromatic rings. The first-order valence-corrected chi connectivity index (χ1v) is 12.7. The maximum Gasteiger partial charge on any atom is 0.0434 e. The van der Waals surface area contributed by atoms with Crippen LogP contribution in [0, 0.1) is 11.8 Å². The predicted molar refractivity (Wildman–Crippen MR) is 124 cm³/mol. The van der Waals surface area contributed by atoms with Crippen LogP contribution in [0.15, 0.2) is 18.3 Å². The summed E-state index contributed by atoms with van der Waals surface area (Å²) in [6.45, 7) is 7.06. The van der Waals surface area contributed by atoms with Crippen molar-refractivity contribution < 1.29 is 0 Å². The number of pyridine rings is 1. The van der Waals surface area contributed by atoms with Gasteiger partial charge in [-0.2, -0.15) is 0 Å². The van der Waals surface area contributed by atoms with E-state index in [4.69, 9.17) is 4.98 Å². The van der Waals surface area contributed by atoms with Gasteiger partial charge in [0, 0.05) is 17.8 Å². The van der Waals surface area contributed by atoms with Crippen LogP contribution in [0.4, 0.5) is 0 Å². The minimum absolute atomic E-state index is 0.719. The Hall–Kier alpha value is -0.850. The molecule has 1 aliphatic carbocycles. The monoisotopic (exact) mass is 385 g/mol. The van der Waals surface area contributed by atoms with Crippen LogP contribution in [0.5, 0.6) is 0 Å². The van der Waals surface area contributed by atoms with Crippen LogP contribution in [0.2, 0.25) is 0 Å². The number of aryl methyl sites for hydroxylation is 1. The molecule has 160 valence electrons. The summed E-state index contributed by atoms with van der Waals surface area (Å²) in [6, 6.07) is 4.69. The number of rotatable bonds is 14. The highest BCUT2D eigenvalue weighted by atomic mass is 14.7. The lowest BCUT2D eigenvalue weighted by Crippen LogP contribution is -2.15. The van der Waals surface area contributed by atoms with Gasteiger partial charge in [0.2, 0.25) is 0 Å². The maximum atomic E-state index is 4.86. The molecule has 0 aromatic carbocycles. The van der Waals surface area contributed by atoms with Crippen LogP contribution in [0.1, 0.15) is 134 Å². The summed E-state index contributed by atoms with van der Waals surface area (Å²) >= 11 is 0. The Balaban J connectivity index is 1.63.